The van der Waals surface area contributed by atoms with Crippen molar-refractivity contribution < 1.29 is 4.42 Å². The molecule has 2 atom stereocenters. The number of furan rings is 1. The predicted molar refractivity (Wildman–Crippen MR) is 228 cm³/mol. The number of hydrogen-bond acceptors (Lipinski definition) is 3. The van der Waals surface area contributed by atoms with Crippen molar-refractivity contribution in [3.63, 3.8) is 0 Å². The van der Waals surface area contributed by atoms with Crippen LogP contribution in [-0.2, 0) is 0 Å². The lowest BCUT2D eigenvalue weighted by Gasteiger charge is -2.44. The van der Waals surface area contributed by atoms with Gasteiger partial charge in [-0.05, 0) is 133 Å². The molecule has 2 aliphatic heterocycles. The van der Waals surface area contributed by atoms with Gasteiger partial charge in [-0.25, -0.2) is 0 Å². The van der Waals surface area contributed by atoms with Gasteiger partial charge in [0, 0.05) is 33.8 Å². The molecular weight excluding hydrogens is 643 g/mol. The number of rotatable bonds is 10. The van der Waals surface area contributed by atoms with Crippen LogP contribution in [0.5, 0.6) is 0 Å². The average Bonchev–Trinajstić information content (AvgIpc) is 3.58. The molecule has 0 bridgehead atoms. The van der Waals surface area contributed by atoms with Crippen LogP contribution < -0.4 is 26.2 Å². The van der Waals surface area contributed by atoms with E-state index in [1.807, 2.05) is 0 Å². The number of hydrogen-bond donors (Lipinski definition) is 0. The topological polar surface area (TPSA) is 19.6 Å². The molecule has 0 saturated heterocycles. The van der Waals surface area contributed by atoms with Crippen molar-refractivity contribution in [1.82, 2.24) is 0 Å². The van der Waals surface area contributed by atoms with Crippen LogP contribution in [0.3, 0.4) is 0 Å². The van der Waals surface area contributed by atoms with E-state index in [1.54, 1.807) is 0 Å². The van der Waals surface area contributed by atoms with Crippen LogP contribution in [0.2, 0.25) is 0 Å². The second-order valence-electron chi connectivity index (χ2n) is 15.3. The Morgan fingerprint density at radius 2 is 1.23 bits per heavy atom. The summed E-state index contributed by atoms with van der Waals surface area (Å²) < 4.78 is 6.70. The number of para-hydroxylation sites is 1. The van der Waals surface area contributed by atoms with Crippen LogP contribution in [0, 0.1) is 6.92 Å². The Kier molecular flexibility index (Phi) is 8.65. The van der Waals surface area contributed by atoms with E-state index in [0.717, 1.165) is 23.3 Å². The SMILES string of the molecule is CCCC(CC)c1ccc(N2c3ccc(C)cc3B3c4ccc5oc6ccc(C(CC)CCC)cc6c5c4N(c4ccccc4)c4cccc2c43)cc1. The molecule has 0 N–H and O–H groups in total. The van der Waals surface area contributed by atoms with E-state index in [2.05, 4.69) is 166 Å². The summed E-state index contributed by atoms with van der Waals surface area (Å²) in [6.07, 6.45) is 7.10. The van der Waals surface area contributed by atoms with Gasteiger partial charge in [0.2, 0.25) is 0 Å². The van der Waals surface area contributed by atoms with Gasteiger partial charge in [-0.3, -0.25) is 0 Å². The first-order chi connectivity index (χ1) is 26.0. The van der Waals surface area contributed by atoms with Crippen molar-refractivity contribution >= 4 is 79.2 Å². The summed E-state index contributed by atoms with van der Waals surface area (Å²) in [5, 5.41) is 2.41. The van der Waals surface area contributed by atoms with E-state index < -0.39 is 0 Å². The summed E-state index contributed by atoms with van der Waals surface area (Å²) in [7, 11) is 0. The quantitative estimate of drug-likeness (QED) is 0.133. The maximum Gasteiger partial charge on any atom is 0.252 e. The van der Waals surface area contributed by atoms with Gasteiger partial charge >= 0.3 is 0 Å². The minimum absolute atomic E-state index is 0.0663. The molecule has 0 spiro atoms. The normalized spacial score (nSPS) is 14.3. The number of nitrogens with zero attached hydrogens (tertiary/aromatic N) is 2. The van der Waals surface area contributed by atoms with Crippen LogP contribution in [0.1, 0.15) is 94.7 Å². The Morgan fingerprint density at radius 1 is 0.566 bits per heavy atom. The molecule has 3 nitrogen and oxygen atoms in total. The number of benzene rings is 6. The molecular formula is C49H49BN2O. The van der Waals surface area contributed by atoms with E-state index >= 15 is 0 Å². The van der Waals surface area contributed by atoms with Crippen molar-refractivity contribution in [2.45, 2.75) is 85.0 Å². The fraction of sp³-hybridized carbons (Fsp3) is 0.265. The lowest BCUT2D eigenvalue weighted by molar-refractivity contribution is 0.596. The van der Waals surface area contributed by atoms with Gasteiger partial charge < -0.3 is 14.2 Å². The number of fused-ring (bicyclic) bond motifs is 8. The van der Waals surface area contributed by atoms with Crippen LogP contribution >= 0.6 is 0 Å². The molecule has 3 heterocycles. The molecule has 4 heteroatoms. The molecule has 9 rings (SSSR count). The zero-order valence-electron chi connectivity index (χ0n) is 31.8. The molecule has 0 radical (unpaired) electrons. The Morgan fingerprint density at radius 3 is 1.94 bits per heavy atom. The highest BCUT2D eigenvalue weighted by atomic mass is 16.3. The zero-order chi connectivity index (χ0) is 36.2. The van der Waals surface area contributed by atoms with Crippen molar-refractivity contribution in [3.8, 4) is 0 Å². The number of anilines is 6. The monoisotopic (exact) mass is 692 g/mol. The van der Waals surface area contributed by atoms with Crippen LogP contribution in [0.15, 0.2) is 126 Å². The molecule has 2 unspecified atom stereocenters. The maximum atomic E-state index is 6.70. The highest BCUT2D eigenvalue weighted by Crippen LogP contribution is 2.48. The fourth-order valence-corrected chi connectivity index (χ4v) is 9.61. The Balaban J connectivity index is 1.32. The third-order valence-corrected chi connectivity index (χ3v) is 12.1. The molecule has 6 aromatic carbocycles. The molecule has 0 amide bonds. The second kappa shape index (κ2) is 13.6. The molecule has 264 valence electrons. The minimum atomic E-state index is 0.0663. The minimum Gasteiger partial charge on any atom is -0.456 e. The summed E-state index contributed by atoms with van der Waals surface area (Å²) >= 11 is 0. The fourth-order valence-electron chi connectivity index (χ4n) is 9.61. The second-order valence-corrected chi connectivity index (χ2v) is 15.3. The first-order valence-corrected chi connectivity index (χ1v) is 20.0. The first kappa shape index (κ1) is 33.6. The van der Waals surface area contributed by atoms with Gasteiger partial charge in [-0.1, -0.05) is 107 Å². The van der Waals surface area contributed by atoms with E-state index in [9.17, 15) is 0 Å². The summed E-state index contributed by atoms with van der Waals surface area (Å²) in [5.41, 5.74) is 17.4. The molecule has 1 aromatic heterocycles. The van der Waals surface area contributed by atoms with Gasteiger partial charge in [0.15, 0.2) is 0 Å². The molecule has 0 aliphatic carbocycles. The standard InChI is InChI=1S/C49H49BN2O/c1-6-14-33(8-3)35-21-24-38(25-22-35)51-42-27-20-32(5)30-41(42)50-40-26-29-46-47(39-31-36(23-28-45(39)53-46)34(9-4)15-7-2)49(40)52(37-16-11-10-12-17-37)44-19-13-18-43(51)48(44)50/h10-13,16-31,33-34H,6-9,14-15H2,1-5H3. The van der Waals surface area contributed by atoms with Gasteiger partial charge in [0.05, 0.1) is 11.1 Å². The first-order valence-electron chi connectivity index (χ1n) is 20.0. The van der Waals surface area contributed by atoms with Crippen molar-refractivity contribution in [2.24, 2.45) is 0 Å². The third-order valence-electron chi connectivity index (χ3n) is 12.1. The van der Waals surface area contributed by atoms with Gasteiger partial charge in [0.1, 0.15) is 11.2 Å². The molecule has 2 aliphatic rings. The largest absolute Gasteiger partial charge is 0.456 e. The lowest BCUT2D eigenvalue weighted by Crippen LogP contribution is -2.61. The Hall–Kier alpha value is -5.22. The summed E-state index contributed by atoms with van der Waals surface area (Å²) in [4.78, 5) is 5.04. The zero-order valence-corrected chi connectivity index (χ0v) is 31.8. The van der Waals surface area contributed by atoms with E-state index in [1.165, 1.54) is 104 Å². The molecule has 0 saturated carbocycles. The van der Waals surface area contributed by atoms with Gasteiger partial charge in [-0.2, -0.15) is 0 Å². The highest BCUT2D eigenvalue weighted by Gasteiger charge is 2.44. The summed E-state index contributed by atoms with van der Waals surface area (Å²) in [6.45, 7) is 11.5. The van der Waals surface area contributed by atoms with E-state index in [4.69, 9.17) is 4.42 Å². The van der Waals surface area contributed by atoms with Crippen LogP contribution in [-0.4, -0.2) is 6.71 Å². The third kappa shape index (κ3) is 5.40. The van der Waals surface area contributed by atoms with Crippen molar-refractivity contribution in [3.05, 3.63) is 138 Å². The maximum absolute atomic E-state index is 6.70. The predicted octanol–water partition coefficient (Wildman–Crippen LogP) is 12.6. The van der Waals surface area contributed by atoms with Gasteiger partial charge in [-0.15, -0.1) is 0 Å². The Bertz CT molecular complexity index is 2450. The van der Waals surface area contributed by atoms with Crippen LogP contribution in [0.25, 0.3) is 21.9 Å². The Labute approximate surface area is 315 Å². The van der Waals surface area contributed by atoms with E-state index in [0.29, 0.717) is 11.8 Å². The smallest absolute Gasteiger partial charge is 0.252 e. The van der Waals surface area contributed by atoms with Crippen molar-refractivity contribution in [1.29, 1.82) is 0 Å². The average molecular weight is 693 g/mol. The van der Waals surface area contributed by atoms with Crippen molar-refractivity contribution in [2.75, 3.05) is 9.80 Å². The van der Waals surface area contributed by atoms with E-state index in [-0.39, 0.29) is 6.71 Å². The van der Waals surface area contributed by atoms with Gasteiger partial charge in [0.25, 0.3) is 6.71 Å². The lowest BCUT2D eigenvalue weighted by atomic mass is 9.33. The summed E-state index contributed by atoms with van der Waals surface area (Å²) in [5.74, 6) is 1.14. The molecule has 0 fully saturated rings. The van der Waals surface area contributed by atoms with Crippen LogP contribution in [0.4, 0.5) is 34.1 Å². The summed E-state index contributed by atoms with van der Waals surface area (Å²) in [6, 6.07) is 45.9. The number of aryl methyl sites for hydroxylation is 1. The molecule has 53 heavy (non-hydrogen) atoms. The highest BCUT2D eigenvalue weighted by molar-refractivity contribution is 7.00. The molecule has 7 aromatic rings.